The van der Waals surface area contributed by atoms with Crippen LogP contribution < -0.4 is 5.73 Å². The van der Waals surface area contributed by atoms with E-state index < -0.39 is 15.3 Å². The summed E-state index contributed by atoms with van der Waals surface area (Å²) in [7, 11) is -1.80. The summed E-state index contributed by atoms with van der Waals surface area (Å²) in [4.78, 5) is 14.5. The van der Waals surface area contributed by atoms with Gasteiger partial charge in [0.1, 0.15) is 0 Å². The Balaban J connectivity index is 0.00000261. The van der Waals surface area contributed by atoms with E-state index in [0.29, 0.717) is 45.4 Å². The second kappa shape index (κ2) is 9.87. The minimum Gasteiger partial charge on any atom is -0.381 e. The Kier molecular flexibility index (Phi) is 8.36. The minimum absolute atomic E-state index is 0. The van der Waals surface area contributed by atoms with Crippen molar-refractivity contribution in [1.82, 2.24) is 9.21 Å². The largest absolute Gasteiger partial charge is 0.381 e. The number of amides is 1. The lowest BCUT2D eigenvalue weighted by molar-refractivity contribution is -0.136. The zero-order chi connectivity index (χ0) is 18.7. The van der Waals surface area contributed by atoms with E-state index in [0.717, 1.165) is 32.1 Å². The molecule has 27 heavy (non-hydrogen) atoms. The van der Waals surface area contributed by atoms with E-state index in [1.165, 1.54) is 0 Å². The Hall–Kier alpha value is -0.410. The maximum absolute atomic E-state index is 13.3. The SMILES string of the molecule is COC1CCN(S(=O)(=O)C2CCCN(C(=O)C3CCCC3)C2)C(CN)C1.Cl. The number of piperidine rings is 2. The van der Waals surface area contributed by atoms with Crippen molar-refractivity contribution in [1.29, 1.82) is 0 Å². The summed E-state index contributed by atoms with van der Waals surface area (Å²) in [6, 6.07) is -0.209. The van der Waals surface area contributed by atoms with Gasteiger partial charge >= 0.3 is 0 Å². The zero-order valence-electron chi connectivity index (χ0n) is 16.2. The molecule has 1 aliphatic carbocycles. The molecule has 0 spiro atoms. The first-order valence-electron chi connectivity index (χ1n) is 9.99. The molecule has 0 radical (unpaired) electrons. The van der Waals surface area contributed by atoms with Gasteiger partial charge in [0.25, 0.3) is 0 Å². The Morgan fingerprint density at radius 1 is 1.11 bits per heavy atom. The van der Waals surface area contributed by atoms with Crippen molar-refractivity contribution >= 4 is 28.3 Å². The van der Waals surface area contributed by atoms with Crippen LogP contribution in [-0.2, 0) is 19.6 Å². The summed E-state index contributed by atoms with van der Waals surface area (Å²) in [5.74, 6) is 0.265. The number of likely N-dealkylation sites (tertiary alicyclic amines) is 1. The van der Waals surface area contributed by atoms with Crippen molar-refractivity contribution < 1.29 is 17.9 Å². The molecule has 0 bridgehead atoms. The molecule has 2 heterocycles. The van der Waals surface area contributed by atoms with Crippen LogP contribution in [-0.4, -0.2) is 74.2 Å². The molecular weight excluding hydrogens is 390 g/mol. The highest BCUT2D eigenvalue weighted by atomic mass is 35.5. The quantitative estimate of drug-likeness (QED) is 0.720. The van der Waals surface area contributed by atoms with Gasteiger partial charge in [-0.25, -0.2) is 8.42 Å². The first-order chi connectivity index (χ1) is 12.5. The first kappa shape index (κ1) is 22.9. The molecule has 3 rings (SSSR count). The number of hydrogen-bond acceptors (Lipinski definition) is 5. The van der Waals surface area contributed by atoms with Crippen LogP contribution in [0.25, 0.3) is 0 Å². The summed E-state index contributed by atoms with van der Waals surface area (Å²) in [6.45, 7) is 1.78. The fraction of sp³-hybridized carbons (Fsp3) is 0.944. The summed E-state index contributed by atoms with van der Waals surface area (Å²) in [6.07, 6.45) is 6.91. The number of sulfonamides is 1. The van der Waals surface area contributed by atoms with Gasteiger partial charge < -0.3 is 15.4 Å². The molecular formula is C18H34ClN3O4S. The summed E-state index contributed by atoms with van der Waals surface area (Å²) < 4.78 is 33.6. The monoisotopic (exact) mass is 423 g/mol. The number of carbonyl (C=O) groups excluding carboxylic acids is 1. The maximum atomic E-state index is 13.3. The van der Waals surface area contributed by atoms with Gasteiger partial charge in [0.2, 0.25) is 15.9 Å². The van der Waals surface area contributed by atoms with Gasteiger partial charge in [0.05, 0.1) is 11.4 Å². The highest BCUT2D eigenvalue weighted by Gasteiger charge is 2.42. The van der Waals surface area contributed by atoms with E-state index in [1.807, 2.05) is 0 Å². The lowest BCUT2D eigenvalue weighted by Crippen LogP contribution is -2.56. The Labute approximate surface area is 169 Å². The second-order valence-corrected chi connectivity index (χ2v) is 10.1. The predicted molar refractivity (Wildman–Crippen MR) is 107 cm³/mol. The third kappa shape index (κ3) is 4.96. The van der Waals surface area contributed by atoms with Crippen LogP contribution in [0.4, 0.5) is 0 Å². The molecule has 0 aromatic carbocycles. The van der Waals surface area contributed by atoms with Crippen LogP contribution >= 0.6 is 12.4 Å². The van der Waals surface area contributed by atoms with Crippen LogP contribution in [0.3, 0.4) is 0 Å². The predicted octanol–water partition coefficient (Wildman–Crippen LogP) is 1.36. The molecule has 3 aliphatic rings. The maximum Gasteiger partial charge on any atom is 0.225 e. The standard InChI is InChI=1S/C18H33N3O4S.ClH/c1-25-16-8-10-21(15(11-16)12-19)26(23,24)17-7-4-9-20(13-17)18(22)14-5-2-3-6-14;/h14-17H,2-13,19H2,1H3;1H. The molecule has 1 saturated carbocycles. The second-order valence-electron chi connectivity index (χ2n) is 7.96. The molecule has 0 aromatic rings. The highest BCUT2D eigenvalue weighted by Crippen LogP contribution is 2.31. The minimum atomic E-state index is -3.46. The third-order valence-electron chi connectivity index (χ3n) is 6.36. The van der Waals surface area contributed by atoms with Crippen molar-refractivity contribution in [3.05, 3.63) is 0 Å². The van der Waals surface area contributed by atoms with Gasteiger partial charge in [-0.05, 0) is 38.5 Å². The molecule has 2 aliphatic heterocycles. The topological polar surface area (TPSA) is 92.9 Å². The lowest BCUT2D eigenvalue weighted by atomic mass is 10.0. The highest BCUT2D eigenvalue weighted by molar-refractivity contribution is 7.89. The normalized spacial score (nSPS) is 30.9. The van der Waals surface area contributed by atoms with Crippen LogP contribution in [0.2, 0.25) is 0 Å². The molecule has 0 aromatic heterocycles. The van der Waals surface area contributed by atoms with E-state index in [-0.39, 0.29) is 36.4 Å². The number of carbonyl (C=O) groups is 1. The van der Waals surface area contributed by atoms with Crippen LogP contribution in [0.5, 0.6) is 0 Å². The van der Waals surface area contributed by atoms with Gasteiger partial charge in [-0.2, -0.15) is 4.31 Å². The van der Waals surface area contributed by atoms with Crippen LogP contribution in [0, 0.1) is 5.92 Å². The molecule has 9 heteroatoms. The number of ether oxygens (including phenoxy) is 1. The van der Waals surface area contributed by atoms with Gasteiger partial charge in [-0.3, -0.25) is 4.79 Å². The van der Waals surface area contributed by atoms with E-state index in [1.54, 1.807) is 16.3 Å². The fourth-order valence-corrected chi connectivity index (χ4v) is 6.92. The molecule has 2 N–H and O–H groups in total. The number of nitrogens with two attached hydrogens (primary N) is 1. The zero-order valence-corrected chi connectivity index (χ0v) is 17.8. The van der Waals surface area contributed by atoms with Gasteiger partial charge in [0, 0.05) is 45.2 Å². The molecule has 3 unspecified atom stereocenters. The Morgan fingerprint density at radius 3 is 2.44 bits per heavy atom. The van der Waals surface area contributed by atoms with Crippen molar-refractivity contribution in [2.75, 3.05) is 33.3 Å². The Morgan fingerprint density at radius 2 is 1.81 bits per heavy atom. The van der Waals surface area contributed by atoms with Crippen molar-refractivity contribution in [2.24, 2.45) is 11.7 Å². The summed E-state index contributed by atoms with van der Waals surface area (Å²) in [5, 5.41) is -0.505. The van der Waals surface area contributed by atoms with Crippen molar-refractivity contribution in [3.63, 3.8) is 0 Å². The van der Waals surface area contributed by atoms with Crippen molar-refractivity contribution in [3.8, 4) is 0 Å². The van der Waals surface area contributed by atoms with E-state index in [2.05, 4.69) is 0 Å². The molecule has 3 atom stereocenters. The van der Waals surface area contributed by atoms with Crippen LogP contribution in [0.15, 0.2) is 0 Å². The van der Waals surface area contributed by atoms with Crippen LogP contribution in [0.1, 0.15) is 51.4 Å². The first-order valence-corrected chi connectivity index (χ1v) is 11.5. The van der Waals surface area contributed by atoms with Gasteiger partial charge in [-0.15, -0.1) is 12.4 Å². The van der Waals surface area contributed by atoms with Gasteiger partial charge in [-0.1, -0.05) is 12.8 Å². The van der Waals surface area contributed by atoms with Gasteiger partial charge in [0.15, 0.2) is 0 Å². The number of halogens is 1. The fourth-order valence-electron chi connectivity index (χ4n) is 4.76. The molecule has 7 nitrogen and oxygen atoms in total. The molecule has 2 saturated heterocycles. The summed E-state index contributed by atoms with van der Waals surface area (Å²) >= 11 is 0. The molecule has 1 amide bonds. The molecule has 158 valence electrons. The smallest absolute Gasteiger partial charge is 0.225 e. The third-order valence-corrected chi connectivity index (χ3v) is 8.72. The van der Waals surface area contributed by atoms with E-state index in [9.17, 15) is 13.2 Å². The number of hydrogen-bond donors (Lipinski definition) is 1. The average molecular weight is 424 g/mol. The Bertz CT molecular complexity index is 597. The molecule has 3 fully saturated rings. The lowest BCUT2D eigenvalue weighted by Gasteiger charge is -2.41. The number of rotatable bonds is 5. The number of methoxy groups -OCH3 is 1. The summed E-state index contributed by atoms with van der Waals surface area (Å²) in [5.41, 5.74) is 5.87. The average Bonchev–Trinajstić information content (AvgIpc) is 3.21. The van der Waals surface area contributed by atoms with E-state index >= 15 is 0 Å². The number of nitrogens with zero attached hydrogens (tertiary/aromatic N) is 2. The van der Waals surface area contributed by atoms with E-state index in [4.69, 9.17) is 10.5 Å². The van der Waals surface area contributed by atoms with Crippen molar-refractivity contribution in [2.45, 2.75) is 68.8 Å².